The van der Waals surface area contributed by atoms with E-state index < -0.39 is 0 Å². The molecule has 0 fully saturated rings. The molecule has 0 aliphatic rings. The molecule has 0 saturated carbocycles. The van der Waals surface area contributed by atoms with Crippen LogP contribution < -0.4 is 0 Å². The Bertz CT molecular complexity index is 652. The van der Waals surface area contributed by atoms with Crippen LogP contribution in [0, 0.1) is 13.8 Å². The van der Waals surface area contributed by atoms with Gasteiger partial charge < -0.3 is 5.11 Å². The van der Waals surface area contributed by atoms with Crippen molar-refractivity contribution in [1.29, 1.82) is 0 Å². The number of ketones is 1. The van der Waals surface area contributed by atoms with Crippen molar-refractivity contribution in [3.05, 3.63) is 75.3 Å². The largest absolute Gasteiger partial charge is 0.506 e. The van der Waals surface area contributed by atoms with Gasteiger partial charge in [0.1, 0.15) is 10.2 Å². The summed E-state index contributed by atoms with van der Waals surface area (Å²) in [4.78, 5) is 12.3. The van der Waals surface area contributed by atoms with E-state index in [0.717, 1.165) is 11.1 Å². The number of Topliss-reactive ketones (excluding diaryl/α,β-unsaturated/α-hetero) is 1. The van der Waals surface area contributed by atoms with Gasteiger partial charge in [-0.3, -0.25) is 4.79 Å². The topological polar surface area (TPSA) is 37.3 Å². The number of rotatable bonds is 3. The van der Waals surface area contributed by atoms with Crippen LogP contribution >= 0.6 is 15.9 Å². The molecule has 0 radical (unpaired) electrons. The predicted octanol–water partition coefficient (Wildman–Crippen LogP) is 4.81. The maximum absolute atomic E-state index is 12.3. The van der Waals surface area contributed by atoms with E-state index >= 15 is 0 Å². The van der Waals surface area contributed by atoms with Crippen molar-refractivity contribution in [2.75, 3.05) is 0 Å². The second kappa shape index (κ2) is 6.06. The van der Waals surface area contributed by atoms with Gasteiger partial charge in [0.05, 0.1) is 0 Å². The lowest BCUT2D eigenvalue weighted by molar-refractivity contribution is 0.104. The van der Waals surface area contributed by atoms with E-state index in [1.165, 1.54) is 0 Å². The Morgan fingerprint density at radius 3 is 1.70 bits per heavy atom. The summed E-state index contributed by atoms with van der Waals surface area (Å²) >= 11 is 3.20. The van der Waals surface area contributed by atoms with Gasteiger partial charge in [0.25, 0.3) is 0 Å². The first-order chi connectivity index (χ1) is 9.49. The molecule has 20 heavy (non-hydrogen) atoms. The Morgan fingerprint density at radius 2 is 1.25 bits per heavy atom. The zero-order valence-electron chi connectivity index (χ0n) is 11.4. The third-order valence-electron chi connectivity index (χ3n) is 3.05. The van der Waals surface area contributed by atoms with E-state index in [4.69, 9.17) is 0 Å². The molecule has 0 bridgehead atoms. The second-order valence-electron chi connectivity index (χ2n) is 4.72. The lowest BCUT2D eigenvalue weighted by Crippen LogP contribution is -2.01. The number of hydrogen-bond acceptors (Lipinski definition) is 2. The minimum absolute atomic E-state index is 0.0458. The van der Waals surface area contributed by atoms with Crippen LogP contribution in [0.4, 0.5) is 0 Å². The summed E-state index contributed by atoms with van der Waals surface area (Å²) in [6.07, 6.45) is 0. The average molecular weight is 331 g/mol. The van der Waals surface area contributed by atoms with E-state index in [0.29, 0.717) is 11.1 Å². The fourth-order valence-electron chi connectivity index (χ4n) is 1.78. The van der Waals surface area contributed by atoms with Gasteiger partial charge >= 0.3 is 0 Å². The average Bonchev–Trinajstić information content (AvgIpc) is 2.46. The number of carbonyl (C=O) groups is 1. The first-order valence-electron chi connectivity index (χ1n) is 6.26. The quantitative estimate of drug-likeness (QED) is 0.498. The number of aryl methyl sites for hydroxylation is 2. The fraction of sp³-hybridized carbons (Fsp3) is 0.118. The van der Waals surface area contributed by atoms with Crippen LogP contribution in [0.5, 0.6) is 0 Å². The molecule has 0 heterocycles. The Hall–Kier alpha value is -1.87. The molecule has 0 aliphatic heterocycles. The molecule has 0 amide bonds. The SMILES string of the molecule is Cc1ccc(C(=O)C(Br)=C(O)c2ccc(C)cc2)cc1. The van der Waals surface area contributed by atoms with Crippen molar-refractivity contribution in [3.63, 3.8) is 0 Å². The summed E-state index contributed by atoms with van der Waals surface area (Å²) in [5, 5.41) is 10.2. The number of halogens is 1. The highest BCUT2D eigenvalue weighted by atomic mass is 79.9. The molecule has 0 unspecified atom stereocenters. The molecular formula is C17H15BrO2. The minimum Gasteiger partial charge on any atom is -0.506 e. The number of carbonyl (C=O) groups excluding carboxylic acids is 1. The lowest BCUT2D eigenvalue weighted by Gasteiger charge is -2.05. The molecule has 102 valence electrons. The standard InChI is InChI=1S/C17H15BrO2/c1-11-3-7-13(8-4-11)16(19)15(18)17(20)14-9-5-12(2)6-10-14/h3-10,19H,1-2H3. The predicted molar refractivity (Wildman–Crippen MR) is 85.2 cm³/mol. The molecule has 0 spiro atoms. The van der Waals surface area contributed by atoms with E-state index in [1.807, 2.05) is 38.1 Å². The molecule has 2 aromatic carbocycles. The smallest absolute Gasteiger partial charge is 0.203 e. The third-order valence-corrected chi connectivity index (χ3v) is 3.78. The second-order valence-corrected chi connectivity index (χ2v) is 5.52. The summed E-state index contributed by atoms with van der Waals surface area (Å²) < 4.78 is 0.171. The molecular weight excluding hydrogens is 316 g/mol. The van der Waals surface area contributed by atoms with Crippen molar-refractivity contribution in [3.8, 4) is 0 Å². The molecule has 2 aromatic rings. The molecule has 1 N–H and O–H groups in total. The minimum atomic E-state index is -0.233. The fourth-order valence-corrected chi connectivity index (χ4v) is 2.24. The zero-order chi connectivity index (χ0) is 14.7. The number of aliphatic hydroxyl groups excluding tert-OH is 1. The maximum Gasteiger partial charge on any atom is 0.203 e. The third kappa shape index (κ3) is 3.17. The van der Waals surface area contributed by atoms with Crippen LogP contribution in [0.2, 0.25) is 0 Å². The Balaban J connectivity index is 2.35. The van der Waals surface area contributed by atoms with Crippen LogP contribution in [0.15, 0.2) is 53.0 Å². The van der Waals surface area contributed by atoms with Crippen LogP contribution in [0.25, 0.3) is 5.76 Å². The van der Waals surface area contributed by atoms with E-state index in [2.05, 4.69) is 15.9 Å². The van der Waals surface area contributed by atoms with Crippen LogP contribution in [-0.2, 0) is 0 Å². The van der Waals surface area contributed by atoms with Crippen molar-refractivity contribution >= 4 is 27.5 Å². The van der Waals surface area contributed by atoms with Gasteiger partial charge in [-0.15, -0.1) is 0 Å². The molecule has 0 aromatic heterocycles. The van der Waals surface area contributed by atoms with Crippen LogP contribution in [0.3, 0.4) is 0 Å². The number of benzene rings is 2. The van der Waals surface area contributed by atoms with Gasteiger partial charge in [-0.25, -0.2) is 0 Å². The maximum atomic E-state index is 12.3. The molecule has 0 atom stereocenters. The van der Waals surface area contributed by atoms with Gasteiger partial charge in [0, 0.05) is 11.1 Å². The van der Waals surface area contributed by atoms with Crippen molar-refractivity contribution in [2.45, 2.75) is 13.8 Å². The molecule has 3 heteroatoms. The first-order valence-corrected chi connectivity index (χ1v) is 7.05. The van der Waals surface area contributed by atoms with Crippen molar-refractivity contribution < 1.29 is 9.90 Å². The van der Waals surface area contributed by atoms with Gasteiger partial charge in [-0.2, -0.15) is 0 Å². The first kappa shape index (κ1) is 14.5. The summed E-state index contributed by atoms with van der Waals surface area (Å²) in [5.41, 5.74) is 3.34. The normalized spacial score (nSPS) is 11.9. The van der Waals surface area contributed by atoms with Crippen molar-refractivity contribution in [1.82, 2.24) is 0 Å². The number of aliphatic hydroxyl groups is 1. The Kier molecular flexibility index (Phi) is 4.40. The van der Waals surface area contributed by atoms with Crippen LogP contribution in [-0.4, -0.2) is 10.9 Å². The Morgan fingerprint density at radius 1 is 0.850 bits per heavy atom. The van der Waals surface area contributed by atoms with E-state index in [9.17, 15) is 9.90 Å². The molecule has 2 nitrogen and oxygen atoms in total. The highest BCUT2D eigenvalue weighted by molar-refractivity contribution is 9.12. The zero-order valence-corrected chi connectivity index (χ0v) is 12.9. The summed E-state index contributed by atoms with van der Waals surface area (Å²) in [5.74, 6) is -0.279. The van der Waals surface area contributed by atoms with Crippen LogP contribution in [0.1, 0.15) is 27.0 Å². The van der Waals surface area contributed by atoms with Gasteiger partial charge in [-0.1, -0.05) is 59.7 Å². The Labute approximate surface area is 126 Å². The van der Waals surface area contributed by atoms with Crippen molar-refractivity contribution in [2.24, 2.45) is 0 Å². The molecule has 0 aliphatic carbocycles. The summed E-state index contributed by atoms with van der Waals surface area (Å²) in [7, 11) is 0. The van der Waals surface area contributed by atoms with Gasteiger partial charge in [-0.05, 0) is 29.8 Å². The van der Waals surface area contributed by atoms with E-state index in [1.54, 1.807) is 24.3 Å². The lowest BCUT2D eigenvalue weighted by atomic mass is 10.1. The molecule has 0 saturated heterocycles. The van der Waals surface area contributed by atoms with E-state index in [-0.39, 0.29) is 16.0 Å². The monoisotopic (exact) mass is 330 g/mol. The van der Waals surface area contributed by atoms with Gasteiger partial charge in [0.15, 0.2) is 0 Å². The number of allylic oxidation sites excluding steroid dienone is 1. The summed E-state index contributed by atoms with van der Waals surface area (Å²) in [6.45, 7) is 3.93. The highest BCUT2D eigenvalue weighted by Crippen LogP contribution is 2.24. The summed E-state index contributed by atoms with van der Waals surface area (Å²) in [6, 6.07) is 14.6. The van der Waals surface area contributed by atoms with Gasteiger partial charge in [0.2, 0.25) is 5.78 Å². The number of hydrogen-bond donors (Lipinski definition) is 1. The highest BCUT2D eigenvalue weighted by Gasteiger charge is 2.15. The molecule has 2 rings (SSSR count).